The van der Waals surface area contributed by atoms with Crippen LogP contribution in [0.15, 0.2) is 24.3 Å². The summed E-state index contributed by atoms with van der Waals surface area (Å²) < 4.78 is 0. The van der Waals surface area contributed by atoms with E-state index in [0.29, 0.717) is 12.3 Å². The van der Waals surface area contributed by atoms with E-state index < -0.39 is 17.9 Å². The fraction of sp³-hybridized carbons (Fsp3) is 0.429. The Bertz CT molecular complexity index is 406. The van der Waals surface area contributed by atoms with Gasteiger partial charge < -0.3 is 10.2 Å². The Morgan fingerprint density at radius 3 is 1.94 bits per heavy atom. The van der Waals surface area contributed by atoms with E-state index in [2.05, 4.69) is 13.8 Å². The predicted molar refractivity (Wildman–Crippen MR) is 67.6 cm³/mol. The maximum Gasteiger partial charge on any atom is 0.317 e. The van der Waals surface area contributed by atoms with Crippen LogP contribution in [0, 0.1) is 5.92 Å². The number of carboxylic acid groups (broad SMARTS) is 2. The number of aliphatic carboxylic acids is 2. The third-order valence-electron chi connectivity index (χ3n) is 2.96. The van der Waals surface area contributed by atoms with Crippen LogP contribution in [0.4, 0.5) is 0 Å². The Kier molecular flexibility index (Phi) is 4.89. The van der Waals surface area contributed by atoms with Gasteiger partial charge in [0, 0.05) is 0 Å². The Morgan fingerprint density at radius 1 is 1.06 bits per heavy atom. The van der Waals surface area contributed by atoms with Crippen LogP contribution in [0.5, 0.6) is 0 Å². The lowest BCUT2D eigenvalue weighted by Gasteiger charge is -2.09. The summed E-state index contributed by atoms with van der Waals surface area (Å²) >= 11 is 0. The normalized spacial score (nSPS) is 10.9. The Balaban J connectivity index is 2.63. The average Bonchev–Trinajstić information content (AvgIpc) is 2.28. The summed E-state index contributed by atoms with van der Waals surface area (Å²) in [6, 6.07) is 7.85. The van der Waals surface area contributed by atoms with Crippen LogP contribution in [0.2, 0.25) is 0 Å². The van der Waals surface area contributed by atoms with Gasteiger partial charge in [-0.05, 0) is 29.9 Å². The smallest absolute Gasteiger partial charge is 0.317 e. The Labute approximate surface area is 106 Å². The van der Waals surface area contributed by atoms with Crippen LogP contribution in [-0.2, 0) is 16.0 Å². The van der Waals surface area contributed by atoms with Gasteiger partial charge in [-0.15, -0.1) is 0 Å². The minimum Gasteiger partial charge on any atom is -0.481 e. The van der Waals surface area contributed by atoms with Gasteiger partial charge in [0.15, 0.2) is 5.92 Å². The van der Waals surface area contributed by atoms with Gasteiger partial charge in [0.2, 0.25) is 0 Å². The molecule has 4 heteroatoms. The summed E-state index contributed by atoms with van der Waals surface area (Å²) in [4.78, 5) is 21.4. The molecule has 98 valence electrons. The molecular formula is C14H18O4. The highest BCUT2D eigenvalue weighted by Crippen LogP contribution is 2.17. The number of carboxylic acids is 2. The van der Waals surface area contributed by atoms with E-state index in [-0.39, 0.29) is 6.42 Å². The Morgan fingerprint density at radius 2 is 1.56 bits per heavy atom. The van der Waals surface area contributed by atoms with Crippen molar-refractivity contribution in [1.29, 1.82) is 0 Å². The van der Waals surface area contributed by atoms with Crippen molar-refractivity contribution in [3.8, 4) is 0 Å². The molecule has 4 nitrogen and oxygen atoms in total. The third-order valence-corrected chi connectivity index (χ3v) is 2.96. The Hall–Kier alpha value is -1.84. The van der Waals surface area contributed by atoms with Crippen LogP contribution in [0.3, 0.4) is 0 Å². The minimum atomic E-state index is -1.32. The second-order valence-corrected chi connectivity index (χ2v) is 4.66. The van der Waals surface area contributed by atoms with Crippen molar-refractivity contribution in [2.24, 2.45) is 5.92 Å². The highest BCUT2D eigenvalue weighted by Gasteiger charge is 2.24. The lowest BCUT2D eigenvalue weighted by Crippen LogP contribution is -2.23. The average molecular weight is 250 g/mol. The van der Waals surface area contributed by atoms with E-state index in [0.717, 1.165) is 5.56 Å². The molecule has 0 aliphatic carbocycles. The number of benzene rings is 1. The molecule has 1 rings (SSSR count). The first kappa shape index (κ1) is 14.2. The maximum atomic E-state index is 10.7. The van der Waals surface area contributed by atoms with E-state index in [1.807, 2.05) is 24.3 Å². The molecule has 0 fully saturated rings. The molecule has 0 heterocycles. The molecule has 0 saturated heterocycles. The van der Waals surface area contributed by atoms with E-state index >= 15 is 0 Å². The molecule has 0 unspecified atom stereocenters. The van der Waals surface area contributed by atoms with Gasteiger partial charge in [-0.1, -0.05) is 38.1 Å². The highest BCUT2D eigenvalue weighted by atomic mass is 16.4. The molecule has 18 heavy (non-hydrogen) atoms. The molecule has 2 N–H and O–H groups in total. The first-order chi connectivity index (χ1) is 8.41. The van der Waals surface area contributed by atoms with Gasteiger partial charge in [0.25, 0.3) is 0 Å². The van der Waals surface area contributed by atoms with Gasteiger partial charge in [-0.3, -0.25) is 9.59 Å². The van der Waals surface area contributed by atoms with Gasteiger partial charge in [0.1, 0.15) is 0 Å². The largest absolute Gasteiger partial charge is 0.481 e. The maximum absolute atomic E-state index is 10.7. The summed E-state index contributed by atoms with van der Waals surface area (Å²) in [7, 11) is 0. The molecule has 0 atom stereocenters. The van der Waals surface area contributed by atoms with Gasteiger partial charge >= 0.3 is 11.9 Å². The number of carbonyl (C=O) groups is 2. The number of hydrogen-bond acceptors (Lipinski definition) is 2. The lowest BCUT2D eigenvalue weighted by atomic mass is 9.97. The molecule has 0 saturated carbocycles. The summed E-state index contributed by atoms with van der Waals surface area (Å²) in [6.07, 6.45) is 0.577. The first-order valence-electron chi connectivity index (χ1n) is 5.96. The van der Waals surface area contributed by atoms with E-state index in [1.165, 1.54) is 5.56 Å². The molecule has 0 spiro atoms. The standard InChI is InChI=1S/C14H18O4/c1-9(2)11-6-3-10(4-7-11)5-8-12(13(15)16)14(17)18/h3-4,6-7,9,12H,5,8H2,1-2H3,(H,15,16)(H,17,18). The zero-order valence-electron chi connectivity index (χ0n) is 10.6. The summed E-state index contributed by atoms with van der Waals surface area (Å²) in [5.41, 5.74) is 2.18. The number of hydrogen-bond donors (Lipinski definition) is 2. The van der Waals surface area contributed by atoms with Crippen LogP contribution >= 0.6 is 0 Å². The fourth-order valence-electron chi connectivity index (χ4n) is 1.73. The first-order valence-corrected chi connectivity index (χ1v) is 5.96. The molecule has 1 aromatic carbocycles. The third kappa shape index (κ3) is 3.87. The molecule has 0 aliphatic rings. The van der Waals surface area contributed by atoms with E-state index in [4.69, 9.17) is 10.2 Å². The van der Waals surface area contributed by atoms with E-state index in [9.17, 15) is 9.59 Å². The van der Waals surface area contributed by atoms with Gasteiger partial charge in [0.05, 0.1) is 0 Å². The second kappa shape index (κ2) is 6.19. The van der Waals surface area contributed by atoms with E-state index in [1.54, 1.807) is 0 Å². The van der Waals surface area contributed by atoms with Crippen molar-refractivity contribution in [1.82, 2.24) is 0 Å². The van der Waals surface area contributed by atoms with Crippen molar-refractivity contribution in [3.63, 3.8) is 0 Å². The lowest BCUT2D eigenvalue weighted by molar-refractivity contribution is -0.154. The van der Waals surface area contributed by atoms with Crippen molar-refractivity contribution in [2.45, 2.75) is 32.6 Å². The molecule has 1 aromatic rings. The second-order valence-electron chi connectivity index (χ2n) is 4.66. The van der Waals surface area contributed by atoms with Crippen LogP contribution in [0.25, 0.3) is 0 Å². The van der Waals surface area contributed by atoms with Crippen molar-refractivity contribution in [2.75, 3.05) is 0 Å². The van der Waals surface area contributed by atoms with Crippen LogP contribution in [0.1, 0.15) is 37.3 Å². The van der Waals surface area contributed by atoms with Crippen molar-refractivity contribution >= 4 is 11.9 Å². The molecule has 0 radical (unpaired) electrons. The van der Waals surface area contributed by atoms with Crippen molar-refractivity contribution in [3.05, 3.63) is 35.4 Å². The van der Waals surface area contributed by atoms with Crippen LogP contribution < -0.4 is 0 Å². The zero-order valence-corrected chi connectivity index (χ0v) is 10.6. The zero-order chi connectivity index (χ0) is 13.7. The topological polar surface area (TPSA) is 74.6 Å². The number of rotatable bonds is 6. The molecule has 0 amide bonds. The SMILES string of the molecule is CC(C)c1ccc(CCC(C(=O)O)C(=O)O)cc1. The minimum absolute atomic E-state index is 0.117. The predicted octanol–water partition coefficient (Wildman–Crippen LogP) is 2.53. The quantitative estimate of drug-likeness (QED) is 0.761. The summed E-state index contributed by atoms with van der Waals surface area (Å²) in [6.45, 7) is 4.19. The van der Waals surface area contributed by atoms with Gasteiger partial charge in [-0.2, -0.15) is 0 Å². The summed E-state index contributed by atoms with van der Waals surface area (Å²) in [5, 5.41) is 17.5. The fourth-order valence-corrected chi connectivity index (χ4v) is 1.73. The highest BCUT2D eigenvalue weighted by molar-refractivity contribution is 5.92. The monoisotopic (exact) mass is 250 g/mol. The molecule has 0 aromatic heterocycles. The molecule has 0 aliphatic heterocycles. The van der Waals surface area contributed by atoms with Gasteiger partial charge in [-0.25, -0.2) is 0 Å². The molecular weight excluding hydrogens is 232 g/mol. The molecule has 0 bridgehead atoms. The van der Waals surface area contributed by atoms with Crippen molar-refractivity contribution < 1.29 is 19.8 Å². The summed E-state index contributed by atoms with van der Waals surface area (Å²) in [5.74, 6) is -3.43. The number of aryl methyl sites for hydroxylation is 1. The van der Waals surface area contributed by atoms with Crippen LogP contribution in [-0.4, -0.2) is 22.2 Å².